The van der Waals surface area contributed by atoms with Gasteiger partial charge in [-0.3, -0.25) is 4.79 Å². The van der Waals surface area contributed by atoms with E-state index in [4.69, 9.17) is 15.2 Å². The van der Waals surface area contributed by atoms with Gasteiger partial charge >= 0.3 is 0 Å². The molecule has 0 spiro atoms. The maximum Gasteiger partial charge on any atom is 0.257 e. The lowest BCUT2D eigenvalue weighted by Crippen LogP contribution is -2.49. The van der Waals surface area contributed by atoms with Gasteiger partial charge in [0.05, 0.1) is 19.8 Å². The molecule has 1 heterocycles. The zero-order valence-electron chi connectivity index (χ0n) is 13.0. The predicted octanol–water partition coefficient (Wildman–Crippen LogP) is 1.90. The standard InChI is InChI=1S/C16H24N2O3/c1-4-11-10-18(8-7-14(11)17)16(19)13-9-12(20-2)5-6-15(13)21-3/h5-6,9,11,14H,4,7-8,10,17H2,1-3H3. The molecule has 2 rings (SSSR count). The van der Waals surface area contributed by atoms with E-state index in [9.17, 15) is 4.79 Å². The highest BCUT2D eigenvalue weighted by Gasteiger charge is 2.29. The van der Waals surface area contributed by atoms with Crippen molar-refractivity contribution in [2.24, 2.45) is 11.7 Å². The van der Waals surface area contributed by atoms with Crippen LogP contribution >= 0.6 is 0 Å². The number of ether oxygens (including phenoxy) is 2. The normalized spacial score (nSPS) is 22.0. The van der Waals surface area contributed by atoms with Gasteiger partial charge in [-0.2, -0.15) is 0 Å². The largest absolute Gasteiger partial charge is 0.497 e. The third-order valence-corrected chi connectivity index (χ3v) is 4.24. The molecule has 1 aromatic rings. The molecule has 21 heavy (non-hydrogen) atoms. The van der Waals surface area contributed by atoms with E-state index in [0.717, 1.165) is 12.8 Å². The zero-order valence-corrected chi connectivity index (χ0v) is 13.0. The maximum absolute atomic E-state index is 12.8. The molecule has 116 valence electrons. The first-order valence-electron chi connectivity index (χ1n) is 7.37. The van der Waals surface area contributed by atoms with Gasteiger partial charge < -0.3 is 20.1 Å². The number of nitrogens with zero attached hydrogens (tertiary/aromatic N) is 1. The number of carbonyl (C=O) groups is 1. The number of hydrogen-bond acceptors (Lipinski definition) is 4. The molecule has 1 aliphatic rings. The summed E-state index contributed by atoms with van der Waals surface area (Å²) in [4.78, 5) is 14.6. The average molecular weight is 292 g/mol. The Hall–Kier alpha value is -1.75. The van der Waals surface area contributed by atoms with E-state index in [1.165, 1.54) is 0 Å². The van der Waals surface area contributed by atoms with Gasteiger partial charge in [-0.05, 0) is 30.5 Å². The van der Waals surface area contributed by atoms with Crippen molar-refractivity contribution in [3.8, 4) is 11.5 Å². The molecule has 2 atom stereocenters. The topological polar surface area (TPSA) is 64.8 Å². The lowest BCUT2D eigenvalue weighted by atomic mass is 9.90. The molecule has 2 unspecified atom stereocenters. The molecule has 0 bridgehead atoms. The minimum Gasteiger partial charge on any atom is -0.497 e. The Balaban J connectivity index is 2.23. The van der Waals surface area contributed by atoms with E-state index in [1.54, 1.807) is 32.4 Å². The number of amides is 1. The quantitative estimate of drug-likeness (QED) is 0.920. The summed E-state index contributed by atoms with van der Waals surface area (Å²) in [5.41, 5.74) is 6.65. The van der Waals surface area contributed by atoms with Crippen LogP contribution in [0.25, 0.3) is 0 Å². The second kappa shape index (κ2) is 6.80. The van der Waals surface area contributed by atoms with Gasteiger partial charge in [-0.15, -0.1) is 0 Å². The number of methoxy groups -OCH3 is 2. The molecular weight excluding hydrogens is 268 g/mol. The van der Waals surface area contributed by atoms with Crippen molar-refractivity contribution in [3.05, 3.63) is 23.8 Å². The second-order valence-electron chi connectivity index (χ2n) is 5.44. The van der Waals surface area contributed by atoms with Gasteiger partial charge in [0.25, 0.3) is 5.91 Å². The first kappa shape index (κ1) is 15.6. The van der Waals surface area contributed by atoms with Crippen molar-refractivity contribution in [3.63, 3.8) is 0 Å². The highest BCUT2D eigenvalue weighted by molar-refractivity contribution is 5.97. The van der Waals surface area contributed by atoms with Crippen molar-refractivity contribution in [2.75, 3.05) is 27.3 Å². The number of likely N-dealkylation sites (tertiary alicyclic amines) is 1. The van der Waals surface area contributed by atoms with E-state index in [2.05, 4.69) is 6.92 Å². The fraction of sp³-hybridized carbons (Fsp3) is 0.562. The van der Waals surface area contributed by atoms with Gasteiger partial charge in [-0.25, -0.2) is 0 Å². The van der Waals surface area contributed by atoms with E-state index in [-0.39, 0.29) is 11.9 Å². The van der Waals surface area contributed by atoms with Gasteiger partial charge in [0, 0.05) is 19.1 Å². The van der Waals surface area contributed by atoms with E-state index < -0.39 is 0 Å². The van der Waals surface area contributed by atoms with Crippen LogP contribution in [0.1, 0.15) is 30.1 Å². The number of rotatable bonds is 4. The highest BCUT2D eigenvalue weighted by Crippen LogP contribution is 2.27. The van der Waals surface area contributed by atoms with Crippen molar-refractivity contribution in [1.29, 1.82) is 0 Å². The van der Waals surface area contributed by atoms with Crippen molar-refractivity contribution in [2.45, 2.75) is 25.8 Å². The minimum absolute atomic E-state index is 0.0175. The van der Waals surface area contributed by atoms with Crippen LogP contribution in [-0.4, -0.2) is 44.2 Å². The lowest BCUT2D eigenvalue weighted by molar-refractivity contribution is 0.0645. The SMILES string of the molecule is CCC1CN(C(=O)c2cc(OC)ccc2OC)CCC1N. The summed E-state index contributed by atoms with van der Waals surface area (Å²) in [6.07, 6.45) is 1.83. The highest BCUT2D eigenvalue weighted by atomic mass is 16.5. The molecule has 5 nitrogen and oxygen atoms in total. The Morgan fingerprint density at radius 2 is 2.14 bits per heavy atom. The van der Waals surface area contributed by atoms with Crippen LogP contribution in [0.2, 0.25) is 0 Å². The molecule has 0 aliphatic carbocycles. The van der Waals surface area contributed by atoms with Crippen LogP contribution in [0.3, 0.4) is 0 Å². The monoisotopic (exact) mass is 292 g/mol. The fourth-order valence-corrected chi connectivity index (χ4v) is 2.82. The Morgan fingerprint density at radius 3 is 2.76 bits per heavy atom. The first-order valence-corrected chi connectivity index (χ1v) is 7.37. The number of piperidine rings is 1. The third kappa shape index (κ3) is 3.29. The van der Waals surface area contributed by atoms with Crippen LogP contribution in [0.5, 0.6) is 11.5 Å². The summed E-state index contributed by atoms with van der Waals surface area (Å²) >= 11 is 0. The number of benzene rings is 1. The maximum atomic E-state index is 12.8. The number of carbonyl (C=O) groups excluding carboxylic acids is 1. The van der Waals surface area contributed by atoms with Crippen molar-refractivity contribution in [1.82, 2.24) is 4.90 Å². The van der Waals surface area contributed by atoms with Crippen molar-refractivity contribution < 1.29 is 14.3 Å². The molecule has 0 radical (unpaired) electrons. The third-order valence-electron chi connectivity index (χ3n) is 4.24. The Kier molecular flexibility index (Phi) is 5.07. The smallest absolute Gasteiger partial charge is 0.257 e. The summed E-state index contributed by atoms with van der Waals surface area (Å²) in [7, 11) is 3.16. The Morgan fingerprint density at radius 1 is 1.38 bits per heavy atom. The number of nitrogens with two attached hydrogens (primary N) is 1. The summed E-state index contributed by atoms with van der Waals surface area (Å²) in [6.45, 7) is 3.51. The summed E-state index contributed by atoms with van der Waals surface area (Å²) in [5, 5.41) is 0. The average Bonchev–Trinajstić information content (AvgIpc) is 2.54. The first-order chi connectivity index (χ1) is 10.1. The number of hydrogen-bond donors (Lipinski definition) is 1. The molecule has 5 heteroatoms. The molecule has 0 aromatic heterocycles. The van der Waals surface area contributed by atoms with E-state index in [1.807, 2.05) is 4.90 Å². The Labute approximate surface area is 126 Å². The molecule has 1 aliphatic heterocycles. The van der Waals surface area contributed by atoms with Crippen LogP contribution in [-0.2, 0) is 0 Å². The zero-order chi connectivity index (χ0) is 15.4. The minimum atomic E-state index is -0.0175. The molecule has 0 saturated carbocycles. The van der Waals surface area contributed by atoms with Crippen LogP contribution in [0, 0.1) is 5.92 Å². The molecule has 1 amide bonds. The molecular formula is C16H24N2O3. The van der Waals surface area contributed by atoms with Crippen LogP contribution in [0.4, 0.5) is 0 Å². The van der Waals surface area contributed by atoms with Gasteiger partial charge in [0.15, 0.2) is 0 Å². The van der Waals surface area contributed by atoms with Gasteiger partial charge in [-0.1, -0.05) is 13.3 Å². The molecule has 1 saturated heterocycles. The van der Waals surface area contributed by atoms with Gasteiger partial charge in [0.1, 0.15) is 11.5 Å². The lowest BCUT2D eigenvalue weighted by Gasteiger charge is -2.36. The van der Waals surface area contributed by atoms with Crippen LogP contribution < -0.4 is 15.2 Å². The predicted molar refractivity (Wildman–Crippen MR) is 81.8 cm³/mol. The fourth-order valence-electron chi connectivity index (χ4n) is 2.82. The van der Waals surface area contributed by atoms with Gasteiger partial charge in [0.2, 0.25) is 0 Å². The van der Waals surface area contributed by atoms with E-state index >= 15 is 0 Å². The molecule has 1 aromatic carbocycles. The second-order valence-corrected chi connectivity index (χ2v) is 5.44. The van der Waals surface area contributed by atoms with Crippen molar-refractivity contribution >= 4 is 5.91 Å². The van der Waals surface area contributed by atoms with Crippen LogP contribution in [0.15, 0.2) is 18.2 Å². The van der Waals surface area contributed by atoms with E-state index in [0.29, 0.717) is 36.1 Å². The summed E-state index contributed by atoms with van der Waals surface area (Å²) in [5.74, 6) is 1.57. The molecule has 1 fully saturated rings. The summed E-state index contributed by atoms with van der Waals surface area (Å²) < 4.78 is 10.5. The summed E-state index contributed by atoms with van der Waals surface area (Å²) in [6, 6.07) is 5.47. The molecule has 2 N–H and O–H groups in total. The Bertz CT molecular complexity index is 504.